The average Bonchev–Trinajstić information content (AvgIpc) is 2.54. The van der Waals surface area contributed by atoms with E-state index >= 15 is 0 Å². The Morgan fingerprint density at radius 1 is 1.10 bits per heavy atom. The largest absolute Gasteiger partial charge is 0.271 e. The van der Waals surface area contributed by atoms with Gasteiger partial charge < -0.3 is 0 Å². The number of nitrogens with one attached hydrogen (secondary N) is 1. The van der Waals surface area contributed by atoms with E-state index in [-0.39, 0.29) is 0 Å². The van der Waals surface area contributed by atoms with Crippen LogP contribution >= 0.6 is 11.6 Å². The molecule has 2 aromatic rings. The molecular formula is C18H21ClN2. The van der Waals surface area contributed by atoms with Gasteiger partial charge in [0.15, 0.2) is 0 Å². The summed E-state index contributed by atoms with van der Waals surface area (Å²) in [5.74, 6) is 6.41. The summed E-state index contributed by atoms with van der Waals surface area (Å²) in [6.45, 7) is 0. The van der Waals surface area contributed by atoms with Crippen LogP contribution < -0.4 is 11.3 Å². The number of hydrogen-bond donors (Lipinski definition) is 2. The summed E-state index contributed by atoms with van der Waals surface area (Å²) < 4.78 is 0. The molecule has 110 valence electrons. The van der Waals surface area contributed by atoms with Crippen molar-refractivity contribution < 1.29 is 0 Å². The first-order valence-corrected chi connectivity index (χ1v) is 7.91. The summed E-state index contributed by atoms with van der Waals surface area (Å²) in [5, 5.41) is 0.780. The van der Waals surface area contributed by atoms with Crippen LogP contribution in [0.25, 0.3) is 0 Å². The summed E-state index contributed by atoms with van der Waals surface area (Å²) in [6.07, 6.45) is 4.40. The lowest BCUT2D eigenvalue weighted by Crippen LogP contribution is -2.44. The smallest absolute Gasteiger partial charge is 0.0406 e. The summed E-state index contributed by atoms with van der Waals surface area (Å²) in [6, 6.07) is 17.1. The zero-order valence-corrected chi connectivity index (χ0v) is 12.8. The van der Waals surface area contributed by atoms with Crippen molar-refractivity contribution in [3.05, 3.63) is 70.2 Å². The SMILES string of the molecule is NNC(Cc1ccc(Cl)cc1)C1CCc2ccccc2C1. The average molecular weight is 301 g/mol. The van der Waals surface area contributed by atoms with Gasteiger partial charge in [0.2, 0.25) is 0 Å². The van der Waals surface area contributed by atoms with Crippen molar-refractivity contribution in [1.29, 1.82) is 0 Å². The molecule has 3 N–H and O–H groups in total. The van der Waals surface area contributed by atoms with Crippen molar-refractivity contribution >= 4 is 11.6 Å². The monoisotopic (exact) mass is 300 g/mol. The highest BCUT2D eigenvalue weighted by Gasteiger charge is 2.25. The number of aryl methyl sites for hydroxylation is 1. The van der Waals surface area contributed by atoms with E-state index in [2.05, 4.69) is 41.8 Å². The Hall–Kier alpha value is -1.35. The molecule has 0 aliphatic heterocycles. The van der Waals surface area contributed by atoms with Crippen LogP contribution in [-0.4, -0.2) is 6.04 Å². The van der Waals surface area contributed by atoms with Crippen molar-refractivity contribution in [2.45, 2.75) is 31.7 Å². The van der Waals surface area contributed by atoms with Crippen molar-refractivity contribution in [2.24, 2.45) is 11.8 Å². The van der Waals surface area contributed by atoms with Crippen molar-refractivity contribution in [2.75, 3.05) is 0 Å². The standard InChI is InChI=1S/C18H21ClN2/c19-17-9-5-13(6-10-17)11-18(21-20)16-8-7-14-3-1-2-4-15(14)12-16/h1-6,9-10,16,18,21H,7-8,11-12,20H2. The zero-order valence-electron chi connectivity index (χ0n) is 12.1. The predicted octanol–water partition coefficient (Wildman–Crippen LogP) is 3.52. The Bertz CT molecular complexity index is 594. The zero-order chi connectivity index (χ0) is 14.7. The van der Waals surface area contributed by atoms with Crippen LogP contribution in [0.1, 0.15) is 23.1 Å². The number of nitrogens with two attached hydrogens (primary N) is 1. The molecule has 2 unspecified atom stereocenters. The van der Waals surface area contributed by atoms with Gasteiger partial charge in [0.25, 0.3) is 0 Å². The number of benzene rings is 2. The molecule has 3 heteroatoms. The van der Waals surface area contributed by atoms with Crippen LogP contribution in [0.2, 0.25) is 5.02 Å². The molecule has 0 saturated heterocycles. The minimum atomic E-state index is 0.305. The van der Waals surface area contributed by atoms with Crippen LogP contribution in [-0.2, 0) is 19.3 Å². The van der Waals surface area contributed by atoms with Crippen molar-refractivity contribution in [1.82, 2.24) is 5.43 Å². The molecule has 0 aromatic heterocycles. The Kier molecular flexibility index (Phi) is 4.59. The lowest BCUT2D eigenvalue weighted by atomic mass is 9.78. The molecule has 2 aromatic carbocycles. The fourth-order valence-electron chi connectivity index (χ4n) is 3.31. The van der Waals surface area contributed by atoms with Gasteiger partial charge in [0, 0.05) is 11.1 Å². The molecule has 1 aliphatic rings. The topological polar surface area (TPSA) is 38.0 Å². The van der Waals surface area contributed by atoms with E-state index in [1.165, 1.54) is 23.1 Å². The first-order valence-electron chi connectivity index (χ1n) is 7.53. The predicted molar refractivity (Wildman–Crippen MR) is 88.2 cm³/mol. The molecule has 0 spiro atoms. The second-order valence-corrected chi connectivity index (χ2v) is 6.31. The van der Waals surface area contributed by atoms with Crippen LogP contribution in [0.4, 0.5) is 0 Å². The molecular weight excluding hydrogens is 280 g/mol. The van der Waals surface area contributed by atoms with E-state index in [9.17, 15) is 0 Å². The number of fused-ring (bicyclic) bond motifs is 1. The molecule has 2 atom stereocenters. The lowest BCUT2D eigenvalue weighted by molar-refractivity contribution is 0.321. The Balaban J connectivity index is 1.71. The highest BCUT2D eigenvalue weighted by molar-refractivity contribution is 6.30. The number of hydrazine groups is 1. The molecule has 0 fully saturated rings. The number of rotatable bonds is 4. The third kappa shape index (κ3) is 3.46. The quantitative estimate of drug-likeness (QED) is 0.670. The summed E-state index contributed by atoms with van der Waals surface area (Å²) in [4.78, 5) is 0. The van der Waals surface area contributed by atoms with Gasteiger partial charge in [-0.05, 0) is 60.4 Å². The highest BCUT2D eigenvalue weighted by Crippen LogP contribution is 2.28. The van der Waals surface area contributed by atoms with Crippen LogP contribution in [0.5, 0.6) is 0 Å². The Morgan fingerprint density at radius 2 is 1.81 bits per heavy atom. The van der Waals surface area contributed by atoms with E-state index in [4.69, 9.17) is 17.4 Å². The second kappa shape index (κ2) is 6.61. The molecule has 3 rings (SSSR count). The van der Waals surface area contributed by atoms with E-state index in [0.29, 0.717) is 12.0 Å². The molecule has 21 heavy (non-hydrogen) atoms. The maximum atomic E-state index is 5.95. The van der Waals surface area contributed by atoms with E-state index in [1.54, 1.807) is 0 Å². The fourth-order valence-corrected chi connectivity index (χ4v) is 3.43. The van der Waals surface area contributed by atoms with Gasteiger partial charge in [0.1, 0.15) is 0 Å². The first-order chi connectivity index (χ1) is 10.3. The normalized spacial score (nSPS) is 19.0. The fraction of sp³-hybridized carbons (Fsp3) is 0.333. The van der Waals surface area contributed by atoms with Crippen molar-refractivity contribution in [3.8, 4) is 0 Å². The van der Waals surface area contributed by atoms with Gasteiger partial charge in [-0.2, -0.15) is 0 Å². The molecule has 0 radical (unpaired) electrons. The van der Waals surface area contributed by atoms with Gasteiger partial charge in [-0.3, -0.25) is 11.3 Å². The summed E-state index contributed by atoms with van der Waals surface area (Å²) in [5.41, 5.74) is 7.28. The van der Waals surface area contributed by atoms with Gasteiger partial charge in [0.05, 0.1) is 0 Å². The highest BCUT2D eigenvalue weighted by atomic mass is 35.5. The maximum absolute atomic E-state index is 5.95. The molecule has 2 nitrogen and oxygen atoms in total. The molecule has 0 amide bonds. The van der Waals surface area contributed by atoms with Gasteiger partial charge >= 0.3 is 0 Å². The van der Waals surface area contributed by atoms with E-state index in [0.717, 1.165) is 24.3 Å². The maximum Gasteiger partial charge on any atom is 0.0406 e. The number of hydrogen-bond acceptors (Lipinski definition) is 2. The minimum Gasteiger partial charge on any atom is -0.271 e. The van der Waals surface area contributed by atoms with Crippen LogP contribution in [0, 0.1) is 5.92 Å². The first kappa shape index (κ1) is 14.6. The summed E-state index contributed by atoms with van der Waals surface area (Å²) in [7, 11) is 0. The summed E-state index contributed by atoms with van der Waals surface area (Å²) >= 11 is 5.95. The van der Waals surface area contributed by atoms with E-state index < -0.39 is 0 Å². The second-order valence-electron chi connectivity index (χ2n) is 5.88. The minimum absolute atomic E-state index is 0.305. The Morgan fingerprint density at radius 3 is 2.52 bits per heavy atom. The molecule has 0 heterocycles. The third-order valence-corrected chi connectivity index (χ3v) is 4.79. The molecule has 0 saturated carbocycles. The van der Waals surface area contributed by atoms with Crippen LogP contribution in [0.15, 0.2) is 48.5 Å². The third-order valence-electron chi connectivity index (χ3n) is 4.54. The molecule has 1 aliphatic carbocycles. The van der Waals surface area contributed by atoms with Crippen molar-refractivity contribution in [3.63, 3.8) is 0 Å². The van der Waals surface area contributed by atoms with Crippen LogP contribution in [0.3, 0.4) is 0 Å². The number of halogens is 1. The van der Waals surface area contributed by atoms with Gasteiger partial charge in [-0.15, -0.1) is 0 Å². The lowest BCUT2D eigenvalue weighted by Gasteiger charge is -2.31. The van der Waals surface area contributed by atoms with Gasteiger partial charge in [-0.1, -0.05) is 48.0 Å². The van der Waals surface area contributed by atoms with Gasteiger partial charge in [-0.25, -0.2) is 0 Å². The molecule has 0 bridgehead atoms. The van der Waals surface area contributed by atoms with E-state index in [1.807, 2.05) is 12.1 Å². The Labute approximate surface area is 131 Å².